The fourth-order valence-electron chi connectivity index (χ4n) is 2.75. The minimum atomic E-state index is -1.78. The number of nitrogens with one attached hydrogen (secondary N) is 2. The predicted octanol–water partition coefficient (Wildman–Crippen LogP) is 5.39. The van der Waals surface area contributed by atoms with Crippen LogP contribution in [0.15, 0.2) is 66.7 Å². The van der Waals surface area contributed by atoms with Gasteiger partial charge >= 0.3 is 0 Å². The molecule has 0 heterocycles. The highest BCUT2D eigenvalue weighted by atomic mass is 35.6. The maximum Gasteiger partial charge on any atom is 0.256 e. The van der Waals surface area contributed by atoms with Crippen molar-refractivity contribution in [2.24, 2.45) is 0 Å². The third-order valence-corrected chi connectivity index (χ3v) is 4.70. The summed E-state index contributed by atoms with van der Waals surface area (Å²) >= 11 is 18.4. The molecule has 0 spiro atoms. The van der Waals surface area contributed by atoms with Crippen LogP contribution in [0, 0.1) is 0 Å². The standard InChI is InChI=1S/C20H17Cl3N2O2/c1-27-17-12-5-4-10-15(17)18(26)25-19(20(21,22)23)24-16-11-6-8-13-7-2-3-9-14(13)16/h2-12,19,24H,1H3,(H,25,26)/t19-/m1/s1. The number of alkyl halides is 3. The molecule has 140 valence electrons. The van der Waals surface area contributed by atoms with Crippen molar-refractivity contribution in [2.75, 3.05) is 12.4 Å². The zero-order valence-corrected chi connectivity index (χ0v) is 16.6. The van der Waals surface area contributed by atoms with Gasteiger partial charge in [-0.25, -0.2) is 0 Å². The van der Waals surface area contributed by atoms with E-state index in [2.05, 4.69) is 10.6 Å². The largest absolute Gasteiger partial charge is 0.496 e. The molecule has 0 aliphatic heterocycles. The van der Waals surface area contributed by atoms with Crippen molar-refractivity contribution in [3.63, 3.8) is 0 Å². The first-order valence-corrected chi connectivity index (χ1v) is 9.28. The Bertz CT molecular complexity index is 952. The second-order valence-corrected chi connectivity index (χ2v) is 8.19. The van der Waals surface area contributed by atoms with Crippen molar-refractivity contribution in [1.82, 2.24) is 5.32 Å². The summed E-state index contributed by atoms with van der Waals surface area (Å²) < 4.78 is 3.45. The lowest BCUT2D eigenvalue weighted by atomic mass is 10.1. The van der Waals surface area contributed by atoms with Crippen LogP contribution >= 0.6 is 34.8 Å². The highest BCUT2D eigenvalue weighted by Crippen LogP contribution is 2.33. The van der Waals surface area contributed by atoms with Gasteiger partial charge in [-0.2, -0.15) is 0 Å². The SMILES string of the molecule is COc1ccccc1C(=O)N[C@@H](Nc1cccc2ccccc12)C(Cl)(Cl)Cl. The van der Waals surface area contributed by atoms with Gasteiger partial charge in [0.25, 0.3) is 5.91 Å². The molecule has 1 amide bonds. The van der Waals surface area contributed by atoms with Crippen molar-refractivity contribution in [3.05, 3.63) is 72.3 Å². The van der Waals surface area contributed by atoms with Crippen LogP contribution in [-0.4, -0.2) is 23.0 Å². The molecular formula is C20H17Cl3N2O2. The first-order chi connectivity index (χ1) is 12.9. The van der Waals surface area contributed by atoms with Gasteiger partial charge in [0.2, 0.25) is 3.79 Å². The molecule has 2 N–H and O–H groups in total. The summed E-state index contributed by atoms with van der Waals surface area (Å²) in [4.78, 5) is 12.7. The van der Waals surface area contributed by atoms with Gasteiger partial charge in [0.15, 0.2) is 0 Å². The molecule has 0 saturated heterocycles. The van der Waals surface area contributed by atoms with Crippen LogP contribution in [0.1, 0.15) is 10.4 Å². The first-order valence-electron chi connectivity index (χ1n) is 8.15. The molecule has 0 saturated carbocycles. The van der Waals surface area contributed by atoms with Gasteiger partial charge in [0, 0.05) is 11.1 Å². The lowest BCUT2D eigenvalue weighted by molar-refractivity contribution is 0.0939. The van der Waals surface area contributed by atoms with Crippen LogP contribution in [0.4, 0.5) is 5.69 Å². The van der Waals surface area contributed by atoms with Gasteiger partial charge in [0.05, 0.1) is 12.7 Å². The van der Waals surface area contributed by atoms with Gasteiger partial charge in [-0.3, -0.25) is 4.79 Å². The number of methoxy groups -OCH3 is 1. The fraction of sp³-hybridized carbons (Fsp3) is 0.150. The summed E-state index contributed by atoms with van der Waals surface area (Å²) in [5.74, 6) is 0.0136. The molecule has 0 bridgehead atoms. The normalized spacial score (nSPS) is 12.4. The maximum atomic E-state index is 12.7. The predicted molar refractivity (Wildman–Crippen MR) is 112 cm³/mol. The Morgan fingerprint density at radius 1 is 0.963 bits per heavy atom. The van der Waals surface area contributed by atoms with Crippen LogP contribution in [0.5, 0.6) is 5.75 Å². The number of hydrogen-bond acceptors (Lipinski definition) is 3. The van der Waals surface area contributed by atoms with Crippen molar-refractivity contribution >= 4 is 57.2 Å². The van der Waals surface area contributed by atoms with E-state index in [1.54, 1.807) is 24.3 Å². The molecular weight excluding hydrogens is 407 g/mol. The van der Waals surface area contributed by atoms with E-state index < -0.39 is 15.9 Å². The highest BCUT2D eigenvalue weighted by Gasteiger charge is 2.35. The smallest absolute Gasteiger partial charge is 0.256 e. The Morgan fingerprint density at radius 3 is 2.37 bits per heavy atom. The van der Waals surface area contributed by atoms with Gasteiger partial charge in [0.1, 0.15) is 11.9 Å². The molecule has 7 heteroatoms. The number of carbonyl (C=O) groups is 1. The summed E-state index contributed by atoms with van der Waals surface area (Å²) in [6.45, 7) is 0. The monoisotopic (exact) mass is 422 g/mol. The zero-order chi connectivity index (χ0) is 19.4. The second-order valence-electron chi connectivity index (χ2n) is 5.82. The number of ether oxygens (including phenoxy) is 1. The first kappa shape index (κ1) is 19.6. The fourth-order valence-corrected chi connectivity index (χ4v) is 3.07. The molecule has 0 aliphatic rings. The Morgan fingerprint density at radius 2 is 1.63 bits per heavy atom. The van der Waals surface area contributed by atoms with Crippen LogP contribution in [0.25, 0.3) is 10.8 Å². The van der Waals surface area contributed by atoms with E-state index >= 15 is 0 Å². The Labute approximate surface area is 172 Å². The lowest BCUT2D eigenvalue weighted by Gasteiger charge is -2.28. The Hall–Kier alpha value is -2.14. The summed E-state index contributed by atoms with van der Waals surface area (Å²) in [6, 6.07) is 20.4. The number of hydrogen-bond donors (Lipinski definition) is 2. The van der Waals surface area contributed by atoms with Crippen LogP contribution in [0.3, 0.4) is 0 Å². The number of carbonyl (C=O) groups excluding carboxylic acids is 1. The van der Waals surface area contributed by atoms with E-state index in [0.29, 0.717) is 11.3 Å². The van der Waals surface area contributed by atoms with Crippen LogP contribution in [-0.2, 0) is 0 Å². The number of anilines is 1. The third-order valence-electron chi connectivity index (χ3n) is 4.04. The minimum Gasteiger partial charge on any atom is -0.496 e. The second kappa shape index (κ2) is 8.26. The minimum absolute atomic E-state index is 0.346. The van der Waals surface area contributed by atoms with E-state index in [9.17, 15) is 4.79 Å². The number of para-hydroxylation sites is 1. The van der Waals surface area contributed by atoms with Crippen molar-refractivity contribution in [3.8, 4) is 5.75 Å². The number of fused-ring (bicyclic) bond motifs is 1. The van der Waals surface area contributed by atoms with Crippen molar-refractivity contribution < 1.29 is 9.53 Å². The number of rotatable bonds is 5. The van der Waals surface area contributed by atoms with Crippen LogP contribution in [0.2, 0.25) is 0 Å². The number of benzene rings is 3. The molecule has 3 aromatic rings. The molecule has 4 nitrogen and oxygen atoms in total. The van der Waals surface area contributed by atoms with E-state index in [1.165, 1.54) is 7.11 Å². The molecule has 0 fully saturated rings. The molecule has 0 aliphatic carbocycles. The van der Waals surface area contributed by atoms with Gasteiger partial charge in [-0.05, 0) is 23.6 Å². The van der Waals surface area contributed by atoms with Crippen molar-refractivity contribution in [1.29, 1.82) is 0 Å². The maximum absolute atomic E-state index is 12.7. The average molecular weight is 424 g/mol. The van der Waals surface area contributed by atoms with E-state index in [4.69, 9.17) is 39.5 Å². The Balaban J connectivity index is 1.90. The highest BCUT2D eigenvalue weighted by molar-refractivity contribution is 6.68. The molecule has 0 radical (unpaired) electrons. The third kappa shape index (κ3) is 4.59. The van der Waals surface area contributed by atoms with Crippen molar-refractivity contribution in [2.45, 2.75) is 9.96 Å². The molecule has 0 aromatic heterocycles. The van der Waals surface area contributed by atoms with Gasteiger partial charge < -0.3 is 15.4 Å². The Kier molecular flexibility index (Phi) is 6.00. The zero-order valence-electron chi connectivity index (χ0n) is 14.4. The average Bonchev–Trinajstić information content (AvgIpc) is 2.66. The van der Waals surface area contributed by atoms with Gasteiger partial charge in [-0.1, -0.05) is 83.3 Å². The summed E-state index contributed by atoms with van der Waals surface area (Å²) in [7, 11) is 1.49. The summed E-state index contributed by atoms with van der Waals surface area (Å²) in [6.07, 6.45) is -0.967. The summed E-state index contributed by atoms with van der Waals surface area (Å²) in [5, 5.41) is 7.85. The van der Waals surface area contributed by atoms with Gasteiger partial charge in [-0.15, -0.1) is 0 Å². The molecule has 3 aromatic carbocycles. The number of amides is 1. The molecule has 3 rings (SSSR count). The van der Waals surface area contributed by atoms with E-state index in [1.807, 2.05) is 42.5 Å². The quantitative estimate of drug-likeness (QED) is 0.427. The van der Waals surface area contributed by atoms with Crippen LogP contribution < -0.4 is 15.4 Å². The van der Waals surface area contributed by atoms with E-state index in [-0.39, 0.29) is 0 Å². The summed E-state index contributed by atoms with van der Waals surface area (Å²) in [5.41, 5.74) is 1.09. The number of halogens is 3. The molecule has 0 unspecified atom stereocenters. The lowest BCUT2D eigenvalue weighted by Crippen LogP contribution is -2.49. The molecule has 1 atom stereocenters. The van der Waals surface area contributed by atoms with E-state index in [0.717, 1.165) is 16.5 Å². The topological polar surface area (TPSA) is 50.4 Å². The molecule has 27 heavy (non-hydrogen) atoms.